The number of aromatic nitrogens is 6. The summed E-state index contributed by atoms with van der Waals surface area (Å²) in [6.07, 6.45) is 0. The van der Waals surface area contributed by atoms with Gasteiger partial charge in [-0.05, 0) is 25.1 Å². The molecule has 34 heavy (non-hydrogen) atoms. The monoisotopic (exact) mass is 440 g/mol. The first-order valence-corrected chi connectivity index (χ1v) is 11.0. The van der Waals surface area contributed by atoms with E-state index in [-0.39, 0.29) is 0 Å². The zero-order valence-electron chi connectivity index (χ0n) is 18.5. The molecule has 0 aliphatic heterocycles. The van der Waals surface area contributed by atoms with E-state index in [2.05, 4.69) is 22.4 Å². The molecule has 0 saturated heterocycles. The van der Waals surface area contributed by atoms with E-state index in [4.69, 9.17) is 15.0 Å². The summed E-state index contributed by atoms with van der Waals surface area (Å²) in [6, 6.07) is 34.2. The van der Waals surface area contributed by atoms with Crippen LogP contribution >= 0.6 is 0 Å². The number of rotatable bonds is 4. The van der Waals surface area contributed by atoms with Crippen molar-refractivity contribution in [3.63, 3.8) is 0 Å². The standard InChI is InChI=1S/C28H20N6/c1-19-24-16-9-17-25(34(24)33-32-19)22-14-8-15-23(18-22)28-30-26(20-10-4-2-5-11-20)29-27(31-28)21-12-6-3-7-13-21/h2-18H,1H3. The highest BCUT2D eigenvalue weighted by Gasteiger charge is 2.14. The van der Waals surface area contributed by atoms with Crippen LogP contribution in [0, 0.1) is 6.92 Å². The van der Waals surface area contributed by atoms with Crippen LogP contribution in [-0.4, -0.2) is 29.8 Å². The fourth-order valence-corrected chi connectivity index (χ4v) is 4.01. The van der Waals surface area contributed by atoms with Crippen molar-refractivity contribution >= 4 is 5.52 Å². The Hall–Kier alpha value is -4.71. The van der Waals surface area contributed by atoms with Crippen molar-refractivity contribution in [2.45, 2.75) is 6.92 Å². The predicted molar refractivity (Wildman–Crippen MR) is 133 cm³/mol. The maximum absolute atomic E-state index is 4.84. The Labute approximate surface area is 196 Å². The largest absolute Gasteiger partial charge is 0.213 e. The second kappa shape index (κ2) is 8.33. The van der Waals surface area contributed by atoms with Gasteiger partial charge in [0.25, 0.3) is 0 Å². The average molecular weight is 441 g/mol. The lowest BCUT2D eigenvalue weighted by Gasteiger charge is -2.10. The number of aryl methyl sites for hydroxylation is 1. The fraction of sp³-hybridized carbons (Fsp3) is 0.0357. The minimum Gasteiger partial charge on any atom is -0.213 e. The van der Waals surface area contributed by atoms with Crippen molar-refractivity contribution in [3.8, 4) is 45.4 Å². The van der Waals surface area contributed by atoms with E-state index in [1.54, 1.807) is 0 Å². The Morgan fingerprint density at radius 3 is 1.71 bits per heavy atom. The maximum Gasteiger partial charge on any atom is 0.164 e. The molecule has 162 valence electrons. The van der Waals surface area contributed by atoms with Gasteiger partial charge in [0.05, 0.1) is 16.9 Å². The van der Waals surface area contributed by atoms with Crippen molar-refractivity contribution in [2.24, 2.45) is 0 Å². The van der Waals surface area contributed by atoms with Gasteiger partial charge in [-0.25, -0.2) is 19.5 Å². The molecule has 0 saturated carbocycles. The molecule has 3 heterocycles. The molecule has 0 aliphatic rings. The number of hydrogen-bond acceptors (Lipinski definition) is 5. The highest BCUT2D eigenvalue weighted by atomic mass is 15.4. The molecule has 6 rings (SSSR count). The van der Waals surface area contributed by atoms with Crippen LogP contribution in [0.1, 0.15) is 5.69 Å². The summed E-state index contributed by atoms with van der Waals surface area (Å²) in [5, 5.41) is 8.56. The minimum absolute atomic E-state index is 0.622. The molecule has 0 bridgehead atoms. The summed E-state index contributed by atoms with van der Waals surface area (Å²) >= 11 is 0. The molecular formula is C28H20N6. The van der Waals surface area contributed by atoms with Crippen LogP contribution in [0.4, 0.5) is 0 Å². The third-order valence-corrected chi connectivity index (χ3v) is 5.74. The van der Waals surface area contributed by atoms with E-state index in [1.807, 2.05) is 102 Å². The zero-order valence-corrected chi connectivity index (χ0v) is 18.5. The van der Waals surface area contributed by atoms with Gasteiger partial charge in [0.2, 0.25) is 0 Å². The van der Waals surface area contributed by atoms with Gasteiger partial charge in [-0.3, -0.25) is 0 Å². The van der Waals surface area contributed by atoms with E-state index >= 15 is 0 Å². The molecule has 3 aromatic carbocycles. The van der Waals surface area contributed by atoms with Crippen LogP contribution in [0.25, 0.3) is 50.9 Å². The first-order chi connectivity index (χ1) is 16.8. The molecule has 0 spiro atoms. The second-order valence-corrected chi connectivity index (χ2v) is 8.00. The molecule has 0 atom stereocenters. The minimum atomic E-state index is 0.622. The highest BCUT2D eigenvalue weighted by molar-refractivity contribution is 5.72. The van der Waals surface area contributed by atoms with Crippen LogP contribution < -0.4 is 0 Å². The Morgan fingerprint density at radius 2 is 1.06 bits per heavy atom. The zero-order chi connectivity index (χ0) is 22.9. The highest BCUT2D eigenvalue weighted by Crippen LogP contribution is 2.28. The fourth-order valence-electron chi connectivity index (χ4n) is 4.01. The molecule has 0 fully saturated rings. The van der Waals surface area contributed by atoms with Crippen molar-refractivity contribution in [1.29, 1.82) is 0 Å². The first-order valence-electron chi connectivity index (χ1n) is 11.0. The Balaban J connectivity index is 1.52. The lowest BCUT2D eigenvalue weighted by Crippen LogP contribution is -2.00. The van der Waals surface area contributed by atoms with Crippen molar-refractivity contribution in [1.82, 2.24) is 29.8 Å². The van der Waals surface area contributed by atoms with E-state index in [0.717, 1.165) is 39.2 Å². The van der Waals surface area contributed by atoms with Crippen LogP contribution in [0.3, 0.4) is 0 Å². The van der Waals surface area contributed by atoms with Gasteiger partial charge in [-0.2, -0.15) is 0 Å². The molecule has 0 amide bonds. The third-order valence-electron chi connectivity index (χ3n) is 5.74. The van der Waals surface area contributed by atoms with Gasteiger partial charge in [-0.1, -0.05) is 90.1 Å². The van der Waals surface area contributed by atoms with Crippen LogP contribution in [0.5, 0.6) is 0 Å². The van der Waals surface area contributed by atoms with E-state index < -0.39 is 0 Å². The van der Waals surface area contributed by atoms with Crippen LogP contribution in [0.2, 0.25) is 0 Å². The smallest absolute Gasteiger partial charge is 0.164 e. The average Bonchev–Trinajstić information content (AvgIpc) is 3.30. The lowest BCUT2D eigenvalue weighted by molar-refractivity contribution is 0.855. The van der Waals surface area contributed by atoms with Gasteiger partial charge in [0.1, 0.15) is 0 Å². The molecule has 0 N–H and O–H groups in total. The topological polar surface area (TPSA) is 68.9 Å². The van der Waals surface area contributed by atoms with Crippen molar-refractivity contribution in [2.75, 3.05) is 0 Å². The summed E-state index contributed by atoms with van der Waals surface area (Å²) < 4.78 is 1.87. The van der Waals surface area contributed by atoms with E-state index in [9.17, 15) is 0 Å². The summed E-state index contributed by atoms with van der Waals surface area (Å²) in [4.78, 5) is 14.5. The third kappa shape index (κ3) is 3.61. The van der Waals surface area contributed by atoms with E-state index in [0.29, 0.717) is 17.5 Å². The molecule has 6 heteroatoms. The van der Waals surface area contributed by atoms with E-state index in [1.165, 1.54) is 0 Å². The summed E-state index contributed by atoms with van der Waals surface area (Å²) in [5.74, 6) is 1.91. The molecule has 3 aromatic heterocycles. The normalized spacial score (nSPS) is 11.1. The van der Waals surface area contributed by atoms with Gasteiger partial charge < -0.3 is 0 Å². The second-order valence-electron chi connectivity index (χ2n) is 8.00. The Morgan fingerprint density at radius 1 is 0.529 bits per heavy atom. The van der Waals surface area contributed by atoms with Crippen LogP contribution in [0.15, 0.2) is 103 Å². The lowest BCUT2D eigenvalue weighted by atomic mass is 10.1. The summed E-state index contributed by atoms with van der Waals surface area (Å²) in [5.41, 5.74) is 6.65. The maximum atomic E-state index is 4.84. The number of pyridine rings is 1. The van der Waals surface area contributed by atoms with Crippen molar-refractivity contribution < 1.29 is 0 Å². The molecule has 0 unspecified atom stereocenters. The van der Waals surface area contributed by atoms with Crippen molar-refractivity contribution in [3.05, 3.63) is 109 Å². The SMILES string of the molecule is Cc1nnn2c(-c3cccc(-c4nc(-c5ccccc5)nc(-c5ccccc5)n4)c3)cccc12. The number of benzene rings is 3. The number of hydrogen-bond donors (Lipinski definition) is 0. The Kier molecular flexibility index (Phi) is 4.88. The van der Waals surface area contributed by atoms with Gasteiger partial charge in [-0.15, -0.1) is 5.10 Å². The molecule has 6 nitrogen and oxygen atoms in total. The quantitative estimate of drug-likeness (QED) is 0.342. The molecular weight excluding hydrogens is 420 g/mol. The summed E-state index contributed by atoms with van der Waals surface area (Å²) in [7, 11) is 0. The summed E-state index contributed by atoms with van der Waals surface area (Å²) in [6.45, 7) is 1.96. The number of nitrogens with zero attached hydrogens (tertiary/aromatic N) is 6. The molecule has 0 radical (unpaired) electrons. The van der Waals surface area contributed by atoms with Gasteiger partial charge >= 0.3 is 0 Å². The molecule has 6 aromatic rings. The van der Waals surface area contributed by atoms with Gasteiger partial charge in [0, 0.05) is 22.3 Å². The number of fused-ring (bicyclic) bond motifs is 1. The Bertz CT molecular complexity index is 1550. The van der Waals surface area contributed by atoms with Gasteiger partial charge in [0.15, 0.2) is 17.5 Å². The molecule has 0 aliphatic carbocycles. The van der Waals surface area contributed by atoms with Crippen LogP contribution in [-0.2, 0) is 0 Å². The predicted octanol–water partition coefficient (Wildman–Crippen LogP) is 5.89. The first kappa shape index (κ1) is 19.9.